The van der Waals surface area contributed by atoms with Gasteiger partial charge in [0.05, 0.1) is 14.2 Å². The molecule has 0 fully saturated rings. The van der Waals surface area contributed by atoms with Gasteiger partial charge in [-0.1, -0.05) is 0 Å². The maximum atomic E-state index is 5.40. The first kappa shape index (κ1) is 14.4. The van der Waals surface area contributed by atoms with E-state index in [4.69, 9.17) is 9.47 Å². The average Bonchev–Trinajstić information content (AvgIpc) is 3.08. The number of benzene rings is 1. The third-order valence-electron chi connectivity index (χ3n) is 3.90. The van der Waals surface area contributed by atoms with Crippen LogP contribution in [0.15, 0.2) is 24.3 Å². The molecule has 1 N–H and O–H groups in total. The van der Waals surface area contributed by atoms with Crippen LogP contribution in [0.3, 0.4) is 0 Å². The summed E-state index contributed by atoms with van der Waals surface area (Å²) < 4.78 is 10.7. The molecule has 1 heterocycles. The molecule has 0 saturated carbocycles. The fraction of sp³-hybridized carbons (Fsp3) is 0.412. The third-order valence-corrected chi connectivity index (χ3v) is 5.14. The minimum atomic E-state index is 0.781. The minimum absolute atomic E-state index is 0.781. The number of aryl methyl sites for hydroxylation is 2. The molecule has 0 unspecified atom stereocenters. The first-order valence-corrected chi connectivity index (χ1v) is 8.14. The zero-order valence-corrected chi connectivity index (χ0v) is 13.4. The number of nitrogens with one attached hydrogen (secondary N) is 1. The summed E-state index contributed by atoms with van der Waals surface area (Å²) in [6.07, 6.45) is 3.86. The zero-order valence-electron chi connectivity index (χ0n) is 12.6. The van der Waals surface area contributed by atoms with Crippen molar-refractivity contribution in [3.63, 3.8) is 0 Å². The fourth-order valence-corrected chi connectivity index (χ4v) is 4.05. The van der Waals surface area contributed by atoms with Crippen LogP contribution in [0.2, 0.25) is 0 Å². The van der Waals surface area contributed by atoms with Crippen LogP contribution in [-0.2, 0) is 25.9 Å². The van der Waals surface area contributed by atoms with E-state index in [1.165, 1.54) is 24.1 Å². The Hall–Kier alpha value is -1.52. The van der Waals surface area contributed by atoms with Gasteiger partial charge in [-0.05, 0) is 49.1 Å². The van der Waals surface area contributed by atoms with Crippen LogP contribution in [0.1, 0.15) is 27.3 Å². The highest BCUT2D eigenvalue weighted by molar-refractivity contribution is 7.12. The first-order chi connectivity index (χ1) is 10.3. The van der Waals surface area contributed by atoms with Crippen molar-refractivity contribution in [2.24, 2.45) is 0 Å². The molecule has 1 aromatic carbocycles. The lowest BCUT2D eigenvalue weighted by Gasteiger charge is -2.11. The molecular formula is C17H21NO2S. The molecule has 3 nitrogen and oxygen atoms in total. The van der Waals surface area contributed by atoms with Crippen molar-refractivity contribution in [3.05, 3.63) is 45.1 Å². The highest BCUT2D eigenvalue weighted by Gasteiger charge is 2.14. The van der Waals surface area contributed by atoms with Gasteiger partial charge in [-0.25, -0.2) is 0 Å². The van der Waals surface area contributed by atoms with Gasteiger partial charge in [-0.3, -0.25) is 0 Å². The van der Waals surface area contributed by atoms with Crippen LogP contribution < -0.4 is 14.8 Å². The molecule has 21 heavy (non-hydrogen) atoms. The number of rotatable bonds is 6. The second-order valence-corrected chi connectivity index (χ2v) is 6.52. The van der Waals surface area contributed by atoms with Gasteiger partial charge in [0.15, 0.2) is 0 Å². The summed E-state index contributed by atoms with van der Waals surface area (Å²) in [5.74, 6) is 1.76. The first-order valence-electron chi connectivity index (χ1n) is 7.32. The molecule has 1 aromatic heterocycles. The largest absolute Gasteiger partial charge is 0.497 e. The van der Waals surface area contributed by atoms with Crippen molar-refractivity contribution >= 4 is 11.3 Å². The third kappa shape index (κ3) is 3.22. The topological polar surface area (TPSA) is 30.5 Å². The van der Waals surface area contributed by atoms with Crippen molar-refractivity contribution < 1.29 is 9.47 Å². The number of fused-ring (bicyclic) bond motifs is 1. The van der Waals surface area contributed by atoms with Gasteiger partial charge in [0.25, 0.3) is 0 Å². The second kappa shape index (κ2) is 6.50. The van der Waals surface area contributed by atoms with Crippen LogP contribution in [0, 0.1) is 0 Å². The summed E-state index contributed by atoms with van der Waals surface area (Å²) in [5, 5.41) is 3.51. The van der Waals surface area contributed by atoms with E-state index in [0.717, 1.165) is 30.2 Å². The Kier molecular flexibility index (Phi) is 4.46. The van der Waals surface area contributed by atoms with Crippen LogP contribution in [-0.4, -0.2) is 14.2 Å². The Morgan fingerprint density at radius 1 is 1.10 bits per heavy atom. The average molecular weight is 303 g/mol. The van der Waals surface area contributed by atoms with Gasteiger partial charge in [-0.15, -0.1) is 11.3 Å². The molecule has 112 valence electrons. The van der Waals surface area contributed by atoms with Gasteiger partial charge in [0, 0.05) is 28.4 Å². The smallest absolute Gasteiger partial charge is 0.123 e. The van der Waals surface area contributed by atoms with E-state index < -0.39 is 0 Å². The molecular weight excluding hydrogens is 282 g/mol. The number of ether oxygens (including phenoxy) is 2. The van der Waals surface area contributed by atoms with E-state index in [1.54, 1.807) is 24.7 Å². The Morgan fingerprint density at radius 3 is 2.76 bits per heavy atom. The minimum Gasteiger partial charge on any atom is -0.497 e. The molecule has 1 aliphatic carbocycles. The SMILES string of the molecule is COc1ccc(OC)c(CNCc2cc3c(s2)CCC3)c1. The van der Waals surface area contributed by atoms with E-state index >= 15 is 0 Å². The van der Waals surface area contributed by atoms with Crippen molar-refractivity contribution in [3.8, 4) is 11.5 Å². The van der Waals surface area contributed by atoms with Crippen molar-refractivity contribution in [1.82, 2.24) is 5.32 Å². The molecule has 0 amide bonds. The summed E-state index contributed by atoms with van der Waals surface area (Å²) >= 11 is 1.96. The predicted octanol–water partition coefficient (Wildman–Crippen LogP) is 3.54. The van der Waals surface area contributed by atoms with Crippen molar-refractivity contribution in [2.45, 2.75) is 32.4 Å². The number of thiophene rings is 1. The van der Waals surface area contributed by atoms with E-state index in [-0.39, 0.29) is 0 Å². The maximum absolute atomic E-state index is 5.40. The summed E-state index contributed by atoms with van der Waals surface area (Å²) in [6.45, 7) is 1.70. The molecule has 3 rings (SSSR count). The van der Waals surface area contributed by atoms with Crippen LogP contribution in [0.25, 0.3) is 0 Å². The van der Waals surface area contributed by atoms with Gasteiger partial charge in [0.1, 0.15) is 11.5 Å². The van der Waals surface area contributed by atoms with E-state index in [1.807, 2.05) is 29.5 Å². The number of hydrogen-bond acceptors (Lipinski definition) is 4. The molecule has 0 spiro atoms. The number of methoxy groups -OCH3 is 2. The lowest BCUT2D eigenvalue weighted by Crippen LogP contribution is -2.12. The van der Waals surface area contributed by atoms with Gasteiger partial charge >= 0.3 is 0 Å². The molecule has 0 aliphatic heterocycles. The van der Waals surface area contributed by atoms with Crippen molar-refractivity contribution in [1.29, 1.82) is 0 Å². The van der Waals surface area contributed by atoms with Crippen LogP contribution in [0.4, 0.5) is 0 Å². The molecule has 0 atom stereocenters. The van der Waals surface area contributed by atoms with Gasteiger partial charge < -0.3 is 14.8 Å². The highest BCUT2D eigenvalue weighted by atomic mass is 32.1. The van der Waals surface area contributed by atoms with E-state index in [0.29, 0.717) is 0 Å². The monoisotopic (exact) mass is 303 g/mol. The van der Waals surface area contributed by atoms with Crippen molar-refractivity contribution in [2.75, 3.05) is 14.2 Å². The molecule has 0 bridgehead atoms. The summed E-state index contributed by atoms with van der Waals surface area (Å²) in [5.41, 5.74) is 2.69. The Labute approximate surface area is 129 Å². The molecule has 0 radical (unpaired) electrons. The quantitative estimate of drug-likeness (QED) is 0.885. The van der Waals surface area contributed by atoms with E-state index in [9.17, 15) is 0 Å². The Bertz CT molecular complexity index is 600. The molecule has 0 saturated heterocycles. The second-order valence-electron chi connectivity index (χ2n) is 5.30. The Morgan fingerprint density at radius 2 is 2.00 bits per heavy atom. The van der Waals surface area contributed by atoms with Gasteiger partial charge in [-0.2, -0.15) is 0 Å². The Balaban J connectivity index is 1.61. The summed E-state index contributed by atoms with van der Waals surface area (Å²) in [7, 11) is 3.39. The number of hydrogen-bond donors (Lipinski definition) is 1. The van der Waals surface area contributed by atoms with Crippen LogP contribution >= 0.6 is 11.3 Å². The summed E-state index contributed by atoms with van der Waals surface area (Å²) in [4.78, 5) is 3.02. The standard InChI is InChI=1S/C17H21NO2S/c1-19-14-6-7-16(20-2)13(8-14)10-18-11-15-9-12-4-3-5-17(12)21-15/h6-9,18H,3-5,10-11H2,1-2H3. The molecule has 4 heteroatoms. The normalized spacial score (nSPS) is 13.2. The van der Waals surface area contributed by atoms with Gasteiger partial charge in [0.2, 0.25) is 0 Å². The molecule has 2 aromatic rings. The fourth-order valence-electron chi connectivity index (χ4n) is 2.82. The highest BCUT2D eigenvalue weighted by Crippen LogP contribution is 2.30. The maximum Gasteiger partial charge on any atom is 0.123 e. The van der Waals surface area contributed by atoms with E-state index in [2.05, 4.69) is 11.4 Å². The zero-order chi connectivity index (χ0) is 14.7. The molecule has 1 aliphatic rings. The predicted molar refractivity (Wildman–Crippen MR) is 86.4 cm³/mol. The summed E-state index contributed by atoms with van der Waals surface area (Å²) in [6, 6.07) is 8.27. The lowest BCUT2D eigenvalue weighted by molar-refractivity contribution is 0.397. The van der Waals surface area contributed by atoms with Crippen LogP contribution in [0.5, 0.6) is 11.5 Å². The lowest BCUT2D eigenvalue weighted by atomic mass is 10.2.